The quantitative estimate of drug-likeness (QED) is 0.751. The van der Waals surface area contributed by atoms with E-state index in [1.165, 1.54) is 7.11 Å². The molecule has 0 aliphatic carbocycles. The number of ether oxygens (including phenoxy) is 4. The molecule has 0 aromatic heterocycles. The van der Waals surface area contributed by atoms with Crippen LogP contribution >= 0.6 is 0 Å². The Hall–Kier alpha value is -3.20. The molecule has 6 nitrogen and oxygen atoms in total. The van der Waals surface area contributed by atoms with Gasteiger partial charge in [0.2, 0.25) is 12.5 Å². The first-order valence-electron chi connectivity index (χ1n) is 7.70. The Morgan fingerprint density at radius 2 is 1.96 bits per heavy atom. The van der Waals surface area contributed by atoms with Crippen LogP contribution in [-0.4, -0.2) is 26.8 Å². The fourth-order valence-corrected chi connectivity index (χ4v) is 2.67. The number of nitriles is 1. The minimum absolute atomic E-state index is 0.0611. The van der Waals surface area contributed by atoms with Crippen molar-refractivity contribution in [3.05, 3.63) is 47.5 Å². The largest absolute Gasteiger partial charge is 0.497 e. The maximum Gasteiger partial charge on any atom is 0.231 e. The SMILES string of the molecule is COc1ccc(C(=O)CC(C#N)c2cc(OC)c3c(c2)OCO3)cc1. The van der Waals surface area contributed by atoms with Crippen LogP contribution in [-0.2, 0) is 0 Å². The normalized spacial score (nSPS) is 13.0. The molecule has 2 aromatic carbocycles. The smallest absolute Gasteiger partial charge is 0.231 e. The van der Waals surface area contributed by atoms with Gasteiger partial charge in [-0.25, -0.2) is 0 Å². The van der Waals surface area contributed by atoms with Crippen molar-refractivity contribution in [2.45, 2.75) is 12.3 Å². The number of methoxy groups -OCH3 is 2. The average molecular weight is 339 g/mol. The summed E-state index contributed by atoms with van der Waals surface area (Å²) in [6, 6.07) is 12.4. The third kappa shape index (κ3) is 3.36. The second-order valence-electron chi connectivity index (χ2n) is 5.49. The number of carbonyl (C=O) groups excluding carboxylic acids is 1. The zero-order chi connectivity index (χ0) is 17.8. The molecule has 1 heterocycles. The van der Waals surface area contributed by atoms with Gasteiger partial charge in [0.25, 0.3) is 0 Å². The van der Waals surface area contributed by atoms with Crippen molar-refractivity contribution in [1.29, 1.82) is 5.26 Å². The van der Waals surface area contributed by atoms with E-state index in [4.69, 9.17) is 18.9 Å². The first-order chi connectivity index (χ1) is 12.2. The van der Waals surface area contributed by atoms with E-state index >= 15 is 0 Å². The van der Waals surface area contributed by atoms with Crippen molar-refractivity contribution >= 4 is 5.78 Å². The Morgan fingerprint density at radius 1 is 1.20 bits per heavy atom. The van der Waals surface area contributed by atoms with Crippen LogP contribution in [0, 0.1) is 11.3 Å². The maximum absolute atomic E-state index is 12.5. The highest BCUT2D eigenvalue weighted by Crippen LogP contribution is 2.43. The Kier molecular flexibility index (Phi) is 4.75. The Bertz CT molecular complexity index is 823. The third-order valence-corrected chi connectivity index (χ3v) is 4.04. The molecule has 0 saturated heterocycles. The van der Waals surface area contributed by atoms with Crippen LogP contribution in [0.5, 0.6) is 23.0 Å². The Balaban J connectivity index is 1.83. The summed E-state index contributed by atoms with van der Waals surface area (Å²) in [5.41, 5.74) is 1.19. The molecule has 0 spiro atoms. The molecule has 0 radical (unpaired) electrons. The zero-order valence-electron chi connectivity index (χ0n) is 13.9. The number of hydrogen-bond acceptors (Lipinski definition) is 6. The highest BCUT2D eigenvalue weighted by molar-refractivity contribution is 5.96. The summed E-state index contributed by atoms with van der Waals surface area (Å²) < 4.78 is 21.1. The van der Waals surface area contributed by atoms with Crippen LogP contribution in [0.3, 0.4) is 0 Å². The van der Waals surface area contributed by atoms with Crippen LogP contribution in [0.25, 0.3) is 0 Å². The summed E-state index contributed by atoms with van der Waals surface area (Å²) in [5.74, 6) is 1.47. The average Bonchev–Trinajstić information content (AvgIpc) is 3.13. The summed E-state index contributed by atoms with van der Waals surface area (Å²) >= 11 is 0. The second kappa shape index (κ2) is 7.14. The van der Waals surface area contributed by atoms with Gasteiger partial charge in [0, 0.05) is 12.0 Å². The molecule has 0 bridgehead atoms. The fourth-order valence-electron chi connectivity index (χ4n) is 2.67. The molecule has 1 aliphatic heterocycles. The third-order valence-electron chi connectivity index (χ3n) is 4.04. The van der Waals surface area contributed by atoms with E-state index in [9.17, 15) is 10.1 Å². The Labute approximate surface area is 145 Å². The van der Waals surface area contributed by atoms with E-state index in [2.05, 4.69) is 6.07 Å². The lowest BCUT2D eigenvalue weighted by Gasteiger charge is -2.12. The molecule has 0 amide bonds. The molecule has 1 atom stereocenters. The van der Waals surface area contributed by atoms with E-state index in [1.54, 1.807) is 43.5 Å². The van der Waals surface area contributed by atoms with Crippen LogP contribution in [0.1, 0.15) is 28.3 Å². The molecule has 1 aliphatic rings. The molecule has 0 N–H and O–H groups in total. The van der Waals surface area contributed by atoms with Crippen LogP contribution in [0.2, 0.25) is 0 Å². The molecule has 0 fully saturated rings. The summed E-state index contributed by atoms with van der Waals surface area (Å²) in [7, 11) is 3.08. The van der Waals surface area contributed by atoms with Crippen molar-refractivity contribution in [1.82, 2.24) is 0 Å². The van der Waals surface area contributed by atoms with Crippen molar-refractivity contribution in [3.63, 3.8) is 0 Å². The molecule has 1 unspecified atom stereocenters. The summed E-state index contributed by atoms with van der Waals surface area (Å²) in [6.07, 6.45) is 0.0611. The lowest BCUT2D eigenvalue weighted by atomic mass is 9.92. The van der Waals surface area contributed by atoms with Gasteiger partial charge in [0.1, 0.15) is 5.75 Å². The van der Waals surface area contributed by atoms with E-state index in [0.29, 0.717) is 34.1 Å². The van der Waals surface area contributed by atoms with Crippen LogP contribution in [0.15, 0.2) is 36.4 Å². The molecule has 2 aromatic rings. The van der Waals surface area contributed by atoms with Crippen LogP contribution < -0.4 is 18.9 Å². The van der Waals surface area contributed by atoms with E-state index < -0.39 is 5.92 Å². The monoisotopic (exact) mass is 339 g/mol. The molecular formula is C19H17NO5. The van der Waals surface area contributed by atoms with Gasteiger partial charge >= 0.3 is 0 Å². The van der Waals surface area contributed by atoms with Crippen molar-refractivity contribution in [2.24, 2.45) is 0 Å². The summed E-state index contributed by atoms with van der Waals surface area (Å²) in [4.78, 5) is 12.5. The number of Topliss-reactive ketones (excluding diaryl/α,β-unsaturated/α-hetero) is 1. The van der Waals surface area contributed by atoms with Crippen molar-refractivity contribution in [2.75, 3.05) is 21.0 Å². The van der Waals surface area contributed by atoms with Gasteiger partial charge in [-0.05, 0) is 42.0 Å². The van der Waals surface area contributed by atoms with E-state index in [1.807, 2.05) is 0 Å². The summed E-state index contributed by atoms with van der Waals surface area (Å²) in [5, 5.41) is 9.53. The van der Waals surface area contributed by atoms with Gasteiger partial charge in [0.05, 0.1) is 26.2 Å². The van der Waals surface area contributed by atoms with Crippen molar-refractivity contribution in [3.8, 4) is 29.1 Å². The molecular weight excluding hydrogens is 322 g/mol. The minimum Gasteiger partial charge on any atom is -0.497 e. The van der Waals surface area contributed by atoms with Gasteiger partial charge in [0.15, 0.2) is 17.3 Å². The first kappa shape index (κ1) is 16.7. The van der Waals surface area contributed by atoms with Gasteiger partial charge < -0.3 is 18.9 Å². The van der Waals surface area contributed by atoms with Crippen LogP contribution in [0.4, 0.5) is 0 Å². The maximum atomic E-state index is 12.5. The number of hydrogen-bond donors (Lipinski definition) is 0. The second-order valence-corrected chi connectivity index (χ2v) is 5.49. The minimum atomic E-state index is -0.613. The number of fused-ring (bicyclic) bond motifs is 1. The summed E-state index contributed by atoms with van der Waals surface area (Å²) in [6.45, 7) is 0.108. The number of ketones is 1. The van der Waals surface area contributed by atoms with E-state index in [0.717, 1.165) is 0 Å². The molecule has 25 heavy (non-hydrogen) atoms. The molecule has 128 valence electrons. The standard InChI is InChI=1S/C19H17NO5/c1-22-15-5-3-12(4-6-15)16(21)7-14(10-20)13-8-17(23-2)19-18(9-13)24-11-25-19/h3-6,8-9,14H,7,11H2,1-2H3. The topological polar surface area (TPSA) is 77.8 Å². The predicted molar refractivity (Wildman–Crippen MR) is 89.4 cm³/mol. The van der Waals surface area contributed by atoms with Gasteiger partial charge in [-0.1, -0.05) is 0 Å². The van der Waals surface area contributed by atoms with Crippen molar-refractivity contribution < 1.29 is 23.7 Å². The van der Waals surface area contributed by atoms with E-state index in [-0.39, 0.29) is 19.0 Å². The Morgan fingerprint density at radius 3 is 2.60 bits per heavy atom. The van der Waals surface area contributed by atoms with Gasteiger partial charge in [-0.2, -0.15) is 5.26 Å². The number of nitrogens with zero attached hydrogens (tertiary/aromatic N) is 1. The molecule has 3 rings (SSSR count). The van der Waals surface area contributed by atoms with Gasteiger partial charge in [-0.3, -0.25) is 4.79 Å². The zero-order valence-corrected chi connectivity index (χ0v) is 13.9. The highest BCUT2D eigenvalue weighted by atomic mass is 16.7. The predicted octanol–water partition coefficient (Wildman–Crippen LogP) is 3.31. The lowest BCUT2D eigenvalue weighted by molar-refractivity contribution is 0.0979. The lowest BCUT2D eigenvalue weighted by Crippen LogP contribution is -2.07. The molecule has 0 saturated carbocycles. The first-order valence-corrected chi connectivity index (χ1v) is 7.70. The number of benzene rings is 2. The molecule has 6 heteroatoms. The number of rotatable bonds is 6. The highest BCUT2D eigenvalue weighted by Gasteiger charge is 2.24. The van der Waals surface area contributed by atoms with Gasteiger partial charge in [-0.15, -0.1) is 0 Å². The number of carbonyl (C=O) groups is 1. The fraction of sp³-hybridized carbons (Fsp3) is 0.263.